The van der Waals surface area contributed by atoms with E-state index in [0.717, 1.165) is 17.8 Å². The zero-order valence-electron chi connectivity index (χ0n) is 18.5. The molecule has 6 N–H and O–H groups in total. The van der Waals surface area contributed by atoms with Gasteiger partial charge in [0.1, 0.15) is 18.0 Å². The molecule has 0 aliphatic carbocycles. The molecule has 0 spiro atoms. The Morgan fingerprint density at radius 2 is 1.77 bits per heavy atom. The van der Waals surface area contributed by atoms with Crippen LogP contribution in [-0.2, 0) is 17.2 Å². The maximum atomic E-state index is 14.4. The highest BCUT2D eigenvalue weighted by Crippen LogP contribution is 2.43. The van der Waals surface area contributed by atoms with Gasteiger partial charge in [0.05, 0.1) is 18.7 Å². The molecule has 3 aromatic rings. The molecular formula is C23H24FN3O8. The Balaban J connectivity index is 1.87. The summed E-state index contributed by atoms with van der Waals surface area (Å²) >= 11 is 0. The van der Waals surface area contributed by atoms with Gasteiger partial charge in [-0.3, -0.25) is 9.78 Å². The normalized spacial score (nSPS) is 26.4. The topological polar surface area (TPSA) is 168 Å². The smallest absolute Gasteiger partial charge is 0.332 e. The van der Waals surface area contributed by atoms with Crippen LogP contribution >= 0.6 is 0 Å². The van der Waals surface area contributed by atoms with Gasteiger partial charge in [0, 0.05) is 11.8 Å². The molecule has 0 radical (unpaired) electrons. The van der Waals surface area contributed by atoms with Crippen molar-refractivity contribution in [2.24, 2.45) is 0 Å². The second-order valence-corrected chi connectivity index (χ2v) is 8.31. The van der Waals surface area contributed by atoms with E-state index in [4.69, 9.17) is 4.74 Å². The van der Waals surface area contributed by atoms with Crippen molar-refractivity contribution in [3.05, 3.63) is 92.5 Å². The van der Waals surface area contributed by atoms with Gasteiger partial charge < -0.3 is 30.4 Å². The molecule has 0 bridgehead atoms. The van der Waals surface area contributed by atoms with Gasteiger partial charge in [-0.15, -0.1) is 5.06 Å². The van der Waals surface area contributed by atoms with Crippen molar-refractivity contribution < 1.29 is 34.8 Å². The Hall–Kier alpha value is -3.23. The van der Waals surface area contributed by atoms with Gasteiger partial charge in [0.25, 0.3) is 5.56 Å². The molecule has 1 fully saturated rings. The number of aromatic nitrogens is 2. The van der Waals surface area contributed by atoms with E-state index in [0.29, 0.717) is 10.1 Å². The first-order valence-corrected chi connectivity index (χ1v) is 10.6. The van der Waals surface area contributed by atoms with Crippen LogP contribution in [0.15, 0.2) is 64.3 Å². The average molecular weight is 489 g/mol. The van der Waals surface area contributed by atoms with Gasteiger partial charge in [0.2, 0.25) is 5.72 Å². The molecule has 12 heteroatoms. The molecule has 0 amide bonds. The number of aliphatic hydroxyl groups is 4. The number of nitrogens with one attached hydrogen (secondary N) is 1. The van der Waals surface area contributed by atoms with Crippen LogP contribution in [0.2, 0.25) is 0 Å². The van der Waals surface area contributed by atoms with E-state index in [-0.39, 0.29) is 10.6 Å². The van der Waals surface area contributed by atoms with Crippen molar-refractivity contribution in [2.45, 2.75) is 37.3 Å². The fourth-order valence-corrected chi connectivity index (χ4v) is 4.06. The van der Waals surface area contributed by atoms with Gasteiger partial charge in [0.15, 0.2) is 0 Å². The molecule has 1 aliphatic heterocycles. The van der Waals surface area contributed by atoms with Crippen molar-refractivity contribution in [3.8, 4) is 11.1 Å². The Bertz CT molecular complexity index is 1340. The summed E-state index contributed by atoms with van der Waals surface area (Å²) in [6, 6.07) is 11.8. The third-order valence-corrected chi connectivity index (χ3v) is 6.02. The first-order chi connectivity index (χ1) is 16.5. The highest BCUT2D eigenvalue weighted by molar-refractivity contribution is 5.62. The van der Waals surface area contributed by atoms with Crippen LogP contribution in [0, 0.1) is 12.7 Å². The predicted molar refractivity (Wildman–Crippen MR) is 118 cm³/mol. The number of hydrogen-bond acceptors (Lipinski definition) is 9. The minimum Gasteiger partial charge on any atom is -0.394 e. The number of H-pyrrole nitrogens is 1. The van der Waals surface area contributed by atoms with E-state index in [9.17, 15) is 39.6 Å². The van der Waals surface area contributed by atoms with Gasteiger partial charge in [-0.05, 0) is 18.6 Å². The third-order valence-electron chi connectivity index (χ3n) is 6.02. The molecule has 0 saturated carbocycles. The number of hydroxylamine groups is 2. The summed E-state index contributed by atoms with van der Waals surface area (Å²) in [6.07, 6.45) is -3.06. The lowest BCUT2D eigenvalue weighted by molar-refractivity contribution is -0.413. The molecule has 11 nitrogen and oxygen atoms in total. The van der Waals surface area contributed by atoms with Crippen LogP contribution in [0.4, 0.5) is 4.39 Å². The first-order valence-electron chi connectivity index (χ1n) is 10.6. The van der Waals surface area contributed by atoms with Crippen LogP contribution in [0.1, 0.15) is 11.1 Å². The lowest BCUT2D eigenvalue weighted by Crippen LogP contribution is -2.68. The number of halogens is 1. The Labute approximate surface area is 197 Å². The molecular weight excluding hydrogens is 465 g/mol. The van der Waals surface area contributed by atoms with Crippen LogP contribution in [0.25, 0.3) is 11.1 Å². The largest absolute Gasteiger partial charge is 0.394 e. The Morgan fingerprint density at radius 1 is 1.11 bits per heavy atom. The standard InChI is InChI=1S/C23H24FN3O8/c1-13-6-8-14(9-7-13)10-27(34)22(32)19(29)18(12-28)35-23(22,33)26-11-16(20(30)25-21(26)31)15-4-2-3-5-17(15)24/h2-9,11,18-19,28-29,32-34H,10,12H2,1H3,(H,25,30,31)/t18-,19-,22-,23-/m1/s1. The summed E-state index contributed by atoms with van der Waals surface area (Å²) in [5.41, 5.74) is -4.70. The van der Waals surface area contributed by atoms with Gasteiger partial charge in [-0.25, -0.2) is 13.8 Å². The molecule has 2 aromatic carbocycles. The summed E-state index contributed by atoms with van der Waals surface area (Å²) in [4.78, 5) is 27.1. The number of benzene rings is 2. The zero-order valence-corrected chi connectivity index (χ0v) is 18.5. The predicted octanol–water partition coefficient (Wildman–Crippen LogP) is -0.414. The number of aliphatic hydroxyl groups excluding tert-OH is 2. The van der Waals surface area contributed by atoms with Crippen LogP contribution in [0.3, 0.4) is 0 Å². The third kappa shape index (κ3) is 4.00. The van der Waals surface area contributed by atoms with Crippen molar-refractivity contribution in [3.63, 3.8) is 0 Å². The fraction of sp³-hybridized carbons (Fsp3) is 0.304. The highest BCUT2D eigenvalue weighted by Gasteiger charge is 2.70. The lowest BCUT2D eigenvalue weighted by Gasteiger charge is -2.42. The monoisotopic (exact) mass is 489 g/mol. The fourth-order valence-electron chi connectivity index (χ4n) is 4.06. The number of hydrogen-bond donors (Lipinski definition) is 6. The maximum absolute atomic E-state index is 14.4. The van der Waals surface area contributed by atoms with Gasteiger partial charge in [-0.2, -0.15) is 0 Å². The minimum atomic E-state index is -3.24. The molecule has 35 heavy (non-hydrogen) atoms. The second-order valence-electron chi connectivity index (χ2n) is 8.31. The summed E-state index contributed by atoms with van der Waals surface area (Å²) < 4.78 is 20.0. The molecule has 0 unspecified atom stereocenters. The van der Waals surface area contributed by atoms with E-state index < -0.39 is 59.6 Å². The molecule has 2 heterocycles. The van der Waals surface area contributed by atoms with E-state index in [1.165, 1.54) is 18.2 Å². The summed E-state index contributed by atoms with van der Waals surface area (Å²) in [5, 5.41) is 54.3. The number of aryl methyl sites for hydroxylation is 1. The van der Waals surface area contributed by atoms with Crippen molar-refractivity contribution in [1.29, 1.82) is 0 Å². The van der Waals surface area contributed by atoms with Crippen LogP contribution < -0.4 is 11.2 Å². The van der Waals surface area contributed by atoms with Gasteiger partial charge >= 0.3 is 11.6 Å². The first kappa shape index (κ1) is 24.9. The quantitative estimate of drug-likeness (QED) is 0.199. The van der Waals surface area contributed by atoms with Gasteiger partial charge in [-0.1, -0.05) is 48.0 Å². The van der Waals surface area contributed by atoms with E-state index in [1.807, 2.05) is 11.9 Å². The van der Waals surface area contributed by atoms with Crippen molar-refractivity contribution >= 4 is 0 Å². The molecule has 4 atom stereocenters. The molecule has 186 valence electrons. The van der Waals surface area contributed by atoms with E-state index >= 15 is 0 Å². The zero-order chi connectivity index (χ0) is 25.5. The lowest BCUT2D eigenvalue weighted by atomic mass is 9.99. The minimum absolute atomic E-state index is 0.165. The molecule has 1 aliphatic rings. The second kappa shape index (κ2) is 9.09. The van der Waals surface area contributed by atoms with E-state index in [2.05, 4.69) is 0 Å². The Morgan fingerprint density at radius 3 is 2.40 bits per heavy atom. The number of aromatic amines is 1. The Kier molecular flexibility index (Phi) is 6.46. The molecule has 1 saturated heterocycles. The molecule has 1 aromatic heterocycles. The van der Waals surface area contributed by atoms with Crippen LogP contribution in [-0.4, -0.2) is 64.8 Å². The number of nitrogens with zero attached hydrogens (tertiary/aromatic N) is 2. The summed E-state index contributed by atoms with van der Waals surface area (Å²) in [5.74, 6) is -4.05. The van der Waals surface area contributed by atoms with E-state index in [1.54, 1.807) is 24.3 Å². The number of ether oxygens (including phenoxy) is 1. The summed E-state index contributed by atoms with van der Waals surface area (Å²) in [7, 11) is 0. The molecule has 4 rings (SSSR count). The van der Waals surface area contributed by atoms with Crippen molar-refractivity contribution in [1.82, 2.24) is 14.6 Å². The SMILES string of the molecule is Cc1ccc(CN(O)[C@@]2(O)[C@H](O)[C@@H](CO)O[C@@]2(O)n2cc(-c3ccccc3F)c(=O)[nH]c2=O)cc1. The number of rotatable bonds is 6. The average Bonchev–Trinajstić information content (AvgIpc) is 3.03. The highest BCUT2D eigenvalue weighted by atomic mass is 19.1. The van der Waals surface area contributed by atoms with Crippen LogP contribution in [0.5, 0.6) is 0 Å². The summed E-state index contributed by atoms with van der Waals surface area (Å²) in [6.45, 7) is 0.474. The van der Waals surface area contributed by atoms with Crippen molar-refractivity contribution in [2.75, 3.05) is 6.61 Å². The maximum Gasteiger partial charge on any atom is 0.332 e.